The summed E-state index contributed by atoms with van der Waals surface area (Å²) in [4.78, 5) is 10.8. The zero-order valence-electron chi connectivity index (χ0n) is 11.8. The Balaban J connectivity index is 0.000000200. The molecule has 0 bridgehead atoms. The van der Waals surface area contributed by atoms with Crippen LogP contribution in [0, 0.1) is 0 Å². The molecule has 108 valence electrons. The minimum atomic E-state index is -1.17. The quantitative estimate of drug-likeness (QED) is 0.685. The van der Waals surface area contributed by atoms with Crippen molar-refractivity contribution in [1.29, 1.82) is 0 Å². The van der Waals surface area contributed by atoms with Crippen LogP contribution >= 0.6 is 12.6 Å². The average Bonchev–Trinajstić information content (AvgIpc) is 2.83. The number of hydrogen-bond acceptors (Lipinski definition) is 3. The van der Waals surface area contributed by atoms with Gasteiger partial charge >= 0.3 is 0 Å². The number of hydrogen-bond donors (Lipinski definition) is 1. The van der Waals surface area contributed by atoms with Crippen molar-refractivity contribution in [1.82, 2.24) is 4.57 Å². The summed E-state index contributed by atoms with van der Waals surface area (Å²) in [7, 11) is 2.04. The maximum Gasteiger partial charge on any atom is 0.243 e. The van der Waals surface area contributed by atoms with Gasteiger partial charge in [0.1, 0.15) is 12.4 Å². The fourth-order valence-electron chi connectivity index (χ4n) is 1.61. The van der Waals surface area contributed by atoms with E-state index >= 15 is 0 Å². The van der Waals surface area contributed by atoms with Crippen LogP contribution in [0.4, 0.5) is 0 Å². The molecular weight excluding hydrogens is 272 g/mol. The zero-order valence-corrected chi connectivity index (χ0v) is 12.7. The molecule has 0 saturated carbocycles. The van der Waals surface area contributed by atoms with E-state index in [1.54, 1.807) is 12.1 Å². The Morgan fingerprint density at radius 2 is 2.20 bits per heavy atom. The summed E-state index contributed by atoms with van der Waals surface area (Å²) in [5.74, 6) is -1.17. The number of rotatable bonds is 4. The van der Waals surface area contributed by atoms with Crippen molar-refractivity contribution in [3.8, 4) is 0 Å². The third-order valence-corrected chi connectivity index (χ3v) is 2.95. The first-order valence-corrected chi connectivity index (χ1v) is 6.99. The number of carbonyl (C=O) groups excluding carboxylic acids is 1. The van der Waals surface area contributed by atoms with Crippen molar-refractivity contribution in [2.24, 2.45) is 7.05 Å². The van der Waals surface area contributed by atoms with E-state index in [0.29, 0.717) is 4.90 Å². The molecule has 4 nitrogen and oxygen atoms in total. The Morgan fingerprint density at radius 1 is 1.45 bits per heavy atom. The summed E-state index contributed by atoms with van der Waals surface area (Å²) in [6.45, 7) is 3.36. The molecular formula is C15H20N2O2S. The van der Waals surface area contributed by atoms with Gasteiger partial charge < -0.3 is 9.90 Å². The lowest BCUT2D eigenvalue weighted by Gasteiger charge is -2.00. The molecule has 0 aliphatic heterocycles. The molecule has 1 heterocycles. The van der Waals surface area contributed by atoms with Crippen LogP contribution in [-0.2, 0) is 13.6 Å². The second-order valence-electron chi connectivity index (χ2n) is 4.51. The fourth-order valence-corrected chi connectivity index (χ4v) is 1.83. The third kappa shape index (κ3) is 5.93. The van der Waals surface area contributed by atoms with Gasteiger partial charge in [-0.1, -0.05) is 25.5 Å². The van der Waals surface area contributed by atoms with Gasteiger partial charge in [-0.05, 0) is 24.1 Å². The molecule has 2 aromatic rings. The maximum absolute atomic E-state index is 10.2. The summed E-state index contributed by atoms with van der Waals surface area (Å²) >= 11 is 3.96. The van der Waals surface area contributed by atoms with E-state index in [1.807, 2.05) is 7.05 Å². The van der Waals surface area contributed by atoms with Crippen LogP contribution in [0.5, 0.6) is 0 Å². The number of carboxylic acids is 1. The molecule has 0 unspecified atom stereocenters. The highest BCUT2D eigenvalue weighted by molar-refractivity contribution is 7.80. The second kappa shape index (κ2) is 8.43. The van der Waals surface area contributed by atoms with Gasteiger partial charge in [-0.3, -0.25) is 0 Å². The van der Waals surface area contributed by atoms with Crippen LogP contribution in [-0.4, -0.2) is 10.5 Å². The number of aromatic carboxylic acids is 1. The lowest BCUT2D eigenvalue weighted by atomic mass is 10.2. The molecule has 0 atom stereocenters. The molecule has 2 rings (SSSR count). The number of imidazole rings is 1. The van der Waals surface area contributed by atoms with Crippen molar-refractivity contribution >= 4 is 18.6 Å². The highest BCUT2D eigenvalue weighted by Gasteiger charge is 1.96. The monoisotopic (exact) mass is 292 g/mol. The van der Waals surface area contributed by atoms with E-state index in [1.165, 1.54) is 25.0 Å². The average molecular weight is 292 g/mol. The topological polar surface area (TPSA) is 48.9 Å². The Morgan fingerprint density at radius 3 is 2.65 bits per heavy atom. The standard InChI is InChI=1S/C8H15N2.C7H6O2S/c1-3-4-5-10-7-6-9(2)8-10;8-7(9)5-2-1-3-6(10)4-5/h6-8H,3-5H2,1-2H3;1-4,10H,(H,8,9)/q+1;/p-1. The molecule has 0 aliphatic rings. The maximum atomic E-state index is 10.2. The molecule has 0 aliphatic carbocycles. The number of nitrogens with zero attached hydrogens (tertiary/aromatic N) is 2. The Kier molecular flexibility index (Phi) is 6.87. The minimum absolute atomic E-state index is 0.160. The summed E-state index contributed by atoms with van der Waals surface area (Å²) in [5.41, 5.74) is 0.160. The number of benzene rings is 1. The van der Waals surface area contributed by atoms with E-state index in [9.17, 15) is 9.90 Å². The Hall–Kier alpha value is -1.75. The summed E-state index contributed by atoms with van der Waals surface area (Å²) in [6.07, 6.45) is 8.82. The first-order valence-electron chi connectivity index (χ1n) is 6.54. The summed E-state index contributed by atoms with van der Waals surface area (Å²) in [5, 5.41) is 10.2. The van der Waals surface area contributed by atoms with Gasteiger partial charge in [-0.15, -0.1) is 12.6 Å². The van der Waals surface area contributed by atoms with E-state index in [-0.39, 0.29) is 5.56 Å². The first-order chi connectivity index (χ1) is 9.52. The Bertz CT molecular complexity index is 552. The largest absolute Gasteiger partial charge is 0.545 e. The zero-order chi connectivity index (χ0) is 15.0. The molecule has 0 N–H and O–H groups in total. The Labute approximate surface area is 125 Å². The number of carboxylic acid groups (broad SMARTS) is 1. The molecule has 0 spiro atoms. The molecule has 1 aromatic carbocycles. The van der Waals surface area contributed by atoms with Crippen molar-refractivity contribution in [3.05, 3.63) is 48.5 Å². The van der Waals surface area contributed by atoms with Crippen molar-refractivity contribution in [2.45, 2.75) is 31.2 Å². The molecule has 1 aromatic heterocycles. The normalized spacial score (nSPS) is 9.75. The lowest BCUT2D eigenvalue weighted by Crippen LogP contribution is -2.23. The molecule has 0 saturated heterocycles. The van der Waals surface area contributed by atoms with Gasteiger partial charge in [0.15, 0.2) is 0 Å². The van der Waals surface area contributed by atoms with Crippen LogP contribution in [0.25, 0.3) is 0 Å². The van der Waals surface area contributed by atoms with E-state index in [0.717, 1.165) is 6.54 Å². The molecule has 0 radical (unpaired) electrons. The van der Waals surface area contributed by atoms with Gasteiger partial charge in [-0.25, -0.2) is 9.13 Å². The summed E-state index contributed by atoms with van der Waals surface area (Å²) < 4.78 is 4.28. The SMILES string of the molecule is CCCCn1cc[n+](C)c1.O=C([O-])c1cccc(S)c1. The molecule has 0 fully saturated rings. The lowest BCUT2D eigenvalue weighted by molar-refractivity contribution is -0.671. The number of aryl methyl sites for hydroxylation is 2. The predicted molar refractivity (Wildman–Crippen MR) is 78.5 cm³/mol. The van der Waals surface area contributed by atoms with Gasteiger partial charge in [0.2, 0.25) is 6.33 Å². The van der Waals surface area contributed by atoms with Crippen LogP contribution in [0.3, 0.4) is 0 Å². The van der Waals surface area contributed by atoms with E-state index in [4.69, 9.17) is 0 Å². The second-order valence-corrected chi connectivity index (χ2v) is 5.02. The van der Waals surface area contributed by atoms with Crippen molar-refractivity contribution in [2.75, 3.05) is 0 Å². The van der Waals surface area contributed by atoms with Crippen LogP contribution in [0.1, 0.15) is 30.1 Å². The smallest absolute Gasteiger partial charge is 0.243 e. The van der Waals surface area contributed by atoms with E-state index < -0.39 is 5.97 Å². The van der Waals surface area contributed by atoms with Gasteiger partial charge in [0, 0.05) is 4.90 Å². The van der Waals surface area contributed by atoms with E-state index in [2.05, 4.69) is 47.4 Å². The number of aromatic nitrogens is 2. The summed E-state index contributed by atoms with van der Waals surface area (Å²) in [6, 6.07) is 6.23. The van der Waals surface area contributed by atoms with Crippen LogP contribution < -0.4 is 9.67 Å². The van der Waals surface area contributed by atoms with Crippen molar-refractivity contribution < 1.29 is 14.5 Å². The predicted octanol–water partition coefficient (Wildman–Crippen LogP) is 1.45. The number of carbonyl (C=O) groups is 1. The van der Waals surface area contributed by atoms with Gasteiger partial charge in [-0.2, -0.15) is 0 Å². The number of unbranched alkanes of at least 4 members (excludes halogenated alkanes) is 1. The molecule has 5 heteroatoms. The van der Waals surface area contributed by atoms with Crippen LogP contribution in [0.2, 0.25) is 0 Å². The highest BCUT2D eigenvalue weighted by Crippen LogP contribution is 2.07. The minimum Gasteiger partial charge on any atom is -0.545 e. The molecule has 20 heavy (non-hydrogen) atoms. The highest BCUT2D eigenvalue weighted by atomic mass is 32.1. The van der Waals surface area contributed by atoms with Gasteiger partial charge in [0.05, 0.1) is 19.6 Å². The third-order valence-electron chi connectivity index (χ3n) is 2.68. The van der Waals surface area contributed by atoms with Gasteiger partial charge in [0.25, 0.3) is 0 Å². The molecule has 0 amide bonds. The fraction of sp³-hybridized carbons (Fsp3) is 0.333. The van der Waals surface area contributed by atoms with Crippen LogP contribution in [0.15, 0.2) is 47.9 Å². The first kappa shape index (κ1) is 16.3. The number of thiol groups is 1. The van der Waals surface area contributed by atoms with Crippen molar-refractivity contribution in [3.63, 3.8) is 0 Å².